The summed E-state index contributed by atoms with van der Waals surface area (Å²) >= 11 is 0. The summed E-state index contributed by atoms with van der Waals surface area (Å²) in [4.78, 5) is 2.39. The van der Waals surface area contributed by atoms with E-state index in [2.05, 4.69) is 27.3 Å². The Labute approximate surface area is 156 Å². The summed E-state index contributed by atoms with van der Waals surface area (Å²) in [6.07, 6.45) is -2.21. The smallest absolute Gasteiger partial charge is 0.398 e. The molecule has 1 aliphatic rings. The van der Waals surface area contributed by atoms with Crippen LogP contribution < -0.4 is 11.1 Å². The molecule has 8 heteroatoms. The number of halogens is 3. The zero-order valence-corrected chi connectivity index (χ0v) is 15.5. The van der Waals surface area contributed by atoms with E-state index >= 15 is 0 Å². The molecule has 5 nitrogen and oxygen atoms in total. The summed E-state index contributed by atoms with van der Waals surface area (Å²) in [5.74, 6) is 0.701. The number of rotatable bonds is 4. The van der Waals surface area contributed by atoms with E-state index < -0.39 is 11.7 Å². The first-order chi connectivity index (χ1) is 12.8. The molecule has 0 aliphatic carbocycles. The van der Waals surface area contributed by atoms with Gasteiger partial charge < -0.3 is 16.0 Å². The Balaban J connectivity index is 1.79. The molecule has 0 unspecified atom stereocenters. The summed E-state index contributed by atoms with van der Waals surface area (Å²) in [5, 5.41) is 11.9. The molecular formula is C19H24F3N5. The minimum atomic E-state index is -4.42. The molecule has 1 saturated heterocycles. The van der Waals surface area contributed by atoms with E-state index in [1.807, 2.05) is 6.92 Å². The van der Waals surface area contributed by atoms with Gasteiger partial charge in [0.25, 0.3) is 0 Å². The number of nitrogens with one attached hydrogen (secondary N) is 1. The van der Waals surface area contributed by atoms with Gasteiger partial charge in [0.1, 0.15) is 0 Å². The van der Waals surface area contributed by atoms with Crippen molar-refractivity contribution in [2.24, 2.45) is 0 Å². The largest absolute Gasteiger partial charge is 0.416 e. The van der Waals surface area contributed by atoms with Gasteiger partial charge in [-0.3, -0.25) is 0 Å². The number of likely N-dealkylation sites (tertiary alicyclic amines) is 1. The molecule has 0 radical (unpaired) electrons. The van der Waals surface area contributed by atoms with Crippen molar-refractivity contribution >= 4 is 11.5 Å². The first-order valence-electron chi connectivity index (χ1n) is 9.08. The molecule has 1 aliphatic heterocycles. The van der Waals surface area contributed by atoms with Gasteiger partial charge in [0.05, 0.1) is 11.3 Å². The van der Waals surface area contributed by atoms with Crippen molar-refractivity contribution in [2.45, 2.75) is 38.9 Å². The Morgan fingerprint density at radius 3 is 2.67 bits per heavy atom. The highest BCUT2D eigenvalue weighted by Gasteiger charge is 2.31. The van der Waals surface area contributed by atoms with Gasteiger partial charge in [-0.1, -0.05) is 13.0 Å². The lowest BCUT2D eigenvalue weighted by Gasteiger charge is -2.32. The van der Waals surface area contributed by atoms with Crippen LogP contribution in [0.3, 0.4) is 0 Å². The summed E-state index contributed by atoms with van der Waals surface area (Å²) in [7, 11) is 0. The zero-order chi connectivity index (χ0) is 19.6. The van der Waals surface area contributed by atoms with Crippen molar-refractivity contribution < 1.29 is 13.2 Å². The fourth-order valence-electron chi connectivity index (χ4n) is 3.39. The second kappa shape index (κ2) is 7.72. The number of likely N-dealkylation sites (N-methyl/N-ethyl adjacent to an activating group) is 1. The maximum Gasteiger partial charge on any atom is 0.416 e. The molecule has 27 heavy (non-hydrogen) atoms. The monoisotopic (exact) mass is 379 g/mol. The van der Waals surface area contributed by atoms with Crippen molar-refractivity contribution in [1.29, 1.82) is 0 Å². The first kappa shape index (κ1) is 19.4. The van der Waals surface area contributed by atoms with Gasteiger partial charge in [0.15, 0.2) is 5.82 Å². The Morgan fingerprint density at radius 2 is 2.04 bits per heavy atom. The van der Waals surface area contributed by atoms with Crippen molar-refractivity contribution in [3.05, 3.63) is 35.4 Å². The van der Waals surface area contributed by atoms with Crippen LogP contribution >= 0.6 is 0 Å². The fourth-order valence-corrected chi connectivity index (χ4v) is 3.39. The molecule has 146 valence electrons. The maximum absolute atomic E-state index is 12.8. The Bertz CT molecular complexity index is 806. The molecule has 1 aromatic carbocycles. The van der Waals surface area contributed by atoms with Crippen LogP contribution in [0.15, 0.2) is 24.3 Å². The van der Waals surface area contributed by atoms with Gasteiger partial charge in [-0.15, -0.1) is 10.2 Å². The number of alkyl halides is 3. The minimum Gasteiger partial charge on any atom is -0.398 e. The van der Waals surface area contributed by atoms with Crippen LogP contribution in [0.25, 0.3) is 11.3 Å². The normalized spacial score (nSPS) is 18.5. The van der Waals surface area contributed by atoms with E-state index in [4.69, 9.17) is 5.73 Å². The number of nitrogen functional groups attached to an aromatic ring is 1. The molecule has 0 saturated carbocycles. The van der Waals surface area contributed by atoms with Gasteiger partial charge in [0.2, 0.25) is 0 Å². The third kappa shape index (κ3) is 4.50. The van der Waals surface area contributed by atoms with Gasteiger partial charge in [-0.25, -0.2) is 0 Å². The second-order valence-electron chi connectivity index (χ2n) is 6.94. The van der Waals surface area contributed by atoms with Gasteiger partial charge in [-0.2, -0.15) is 13.2 Å². The Hall–Kier alpha value is -2.35. The van der Waals surface area contributed by atoms with Gasteiger partial charge in [-0.05, 0) is 56.6 Å². The number of nitrogens with two attached hydrogens (primary N) is 1. The number of piperidine rings is 1. The van der Waals surface area contributed by atoms with E-state index in [1.165, 1.54) is 6.07 Å². The Kier molecular flexibility index (Phi) is 5.55. The lowest BCUT2D eigenvalue weighted by molar-refractivity contribution is -0.137. The van der Waals surface area contributed by atoms with Crippen molar-refractivity contribution in [3.63, 3.8) is 0 Å². The topological polar surface area (TPSA) is 67.1 Å². The average molecular weight is 379 g/mol. The van der Waals surface area contributed by atoms with Crippen LogP contribution in [-0.2, 0) is 6.18 Å². The SMILES string of the molecule is CCN1CCC[C@@H](Nc2nnc(-c3ccc(C(F)(F)F)cc3N)cc2C)C1. The molecule has 1 aromatic heterocycles. The third-order valence-corrected chi connectivity index (χ3v) is 4.93. The first-order valence-corrected chi connectivity index (χ1v) is 9.08. The summed E-state index contributed by atoms with van der Waals surface area (Å²) in [6.45, 7) is 7.16. The molecule has 2 heterocycles. The maximum atomic E-state index is 12.8. The van der Waals surface area contributed by atoms with E-state index in [0.717, 1.165) is 50.2 Å². The average Bonchev–Trinajstić information content (AvgIpc) is 2.63. The molecule has 1 fully saturated rings. The quantitative estimate of drug-likeness (QED) is 0.788. The summed E-state index contributed by atoms with van der Waals surface area (Å²) in [6, 6.07) is 5.40. The molecule has 1 atom stereocenters. The predicted molar refractivity (Wildman–Crippen MR) is 100 cm³/mol. The number of nitrogens with zero attached hydrogens (tertiary/aromatic N) is 3. The van der Waals surface area contributed by atoms with E-state index in [1.54, 1.807) is 6.07 Å². The lowest BCUT2D eigenvalue weighted by atomic mass is 10.0. The van der Waals surface area contributed by atoms with E-state index in [0.29, 0.717) is 23.1 Å². The highest BCUT2D eigenvalue weighted by atomic mass is 19.4. The molecule has 0 amide bonds. The van der Waals surface area contributed by atoms with Crippen LogP contribution in [0.4, 0.5) is 24.7 Å². The highest BCUT2D eigenvalue weighted by Crippen LogP contribution is 2.34. The van der Waals surface area contributed by atoms with Crippen LogP contribution in [0.5, 0.6) is 0 Å². The van der Waals surface area contributed by atoms with Crippen LogP contribution in [0.2, 0.25) is 0 Å². The molecular weight excluding hydrogens is 355 g/mol. The number of aromatic nitrogens is 2. The van der Waals surface area contributed by atoms with Crippen LogP contribution in [0.1, 0.15) is 30.9 Å². The molecule has 3 rings (SSSR count). The number of benzene rings is 1. The third-order valence-electron chi connectivity index (χ3n) is 4.93. The molecule has 2 aromatic rings. The Morgan fingerprint density at radius 1 is 1.26 bits per heavy atom. The molecule has 0 spiro atoms. The fraction of sp³-hybridized carbons (Fsp3) is 0.474. The van der Waals surface area contributed by atoms with Crippen molar-refractivity contribution in [3.8, 4) is 11.3 Å². The summed E-state index contributed by atoms with van der Waals surface area (Å²) < 4.78 is 38.4. The van der Waals surface area contributed by atoms with Gasteiger partial charge >= 0.3 is 6.18 Å². The number of aryl methyl sites for hydroxylation is 1. The van der Waals surface area contributed by atoms with Gasteiger partial charge in [0, 0.05) is 23.8 Å². The number of anilines is 2. The highest BCUT2D eigenvalue weighted by molar-refractivity contribution is 5.75. The lowest BCUT2D eigenvalue weighted by Crippen LogP contribution is -2.42. The molecule has 3 N–H and O–H groups in total. The van der Waals surface area contributed by atoms with E-state index in [9.17, 15) is 13.2 Å². The second-order valence-corrected chi connectivity index (χ2v) is 6.94. The number of hydrogen-bond acceptors (Lipinski definition) is 5. The van der Waals surface area contributed by atoms with Crippen molar-refractivity contribution in [2.75, 3.05) is 30.7 Å². The minimum absolute atomic E-state index is 0.0325. The van der Waals surface area contributed by atoms with E-state index in [-0.39, 0.29) is 5.69 Å². The van der Waals surface area contributed by atoms with Crippen LogP contribution in [-0.4, -0.2) is 40.8 Å². The zero-order valence-electron chi connectivity index (χ0n) is 15.5. The summed E-state index contributed by atoms with van der Waals surface area (Å²) in [5.41, 5.74) is 6.88. The number of hydrogen-bond donors (Lipinski definition) is 2. The predicted octanol–water partition coefficient (Wildman–Crippen LogP) is 3.95. The van der Waals surface area contributed by atoms with Crippen LogP contribution in [0, 0.1) is 6.92 Å². The standard InChI is InChI=1S/C19H24F3N5/c1-3-27-8-4-5-14(11-27)24-18-12(2)9-17(25-26-18)15-7-6-13(10-16(15)23)19(20,21)22/h6-7,9-10,14H,3-5,8,11,23H2,1-2H3,(H,24,26)/t14-/m1/s1. The van der Waals surface area contributed by atoms with Crippen molar-refractivity contribution in [1.82, 2.24) is 15.1 Å². The molecule has 0 bridgehead atoms.